The molecule has 1 heterocycles. The quantitative estimate of drug-likeness (QED) is 0.786. The minimum absolute atomic E-state index is 0.0665. The molecule has 21 heavy (non-hydrogen) atoms. The third kappa shape index (κ3) is 6.16. The number of piperidine rings is 1. The molecule has 1 N–H and O–H groups in total. The first-order valence-corrected chi connectivity index (χ1v) is 9.46. The van der Waals surface area contributed by atoms with Gasteiger partial charge >= 0.3 is 0 Å². The molecular weight excluding hydrogens is 284 g/mol. The van der Waals surface area contributed by atoms with Crippen molar-refractivity contribution in [1.29, 1.82) is 0 Å². The first kappa shape index (κ1) is 16.5. The lowest BCUT2D eigenvalue weighted by atomic mass is 10.1. The Bertz CT molecular complexity index is 520. The molecule has 1 fully saturated rings. The molecule has 4 nitrogen and oxygen atoms in total. The normalized spacial score (nSPS) is 17.0. The van der Waals surface area contributed by atoms with Gasteiger partial charge in [-0.1, -0.05) is 36.2 Å². The molecule has 0 radical (unpaired) electrons. The molecule has 118 valence electrons. The minimum atomic E-state index is -3.22. The Balaban J connectivity index is 1.69. The number of likely N-dealkylation sites (tertiary alicyclic amines) is 1. The van der Waals surface area contributed by atoms with Crippen molar-refractivity contribution in [2.45, 2.75) is 38.4 Å². The van der Waals surface area contributed by atoms with E-state index in [4.69, 9.17) is 0 Å². The summed E-state index contributed by atoms with van der Waals surface area (Å²) in [6.07, 6.45) is 4.77. The standard InChI is InChI=1S/C16H26N2O2S/c1-15-6-8-16(9-7-15)14-21(19,20)17-10-5-13-18-11-3-2-4-12-18/h6-9,17H,2-5,10-14H2,1H3. The average molecular weight is 310 g/mol. The molecule has 0 aromatic heterocycles. The fourth-order valence-corrected chi connectivity index (χ4v) is 3.86. The third-order valence-electron chi connectivity index (χ3n) is 3.90. The summed E-state index contributed by atoms with van der Waals surface area (Å²) in [5, 5.41) is 0. The Morgan fingerprint density at radius 2 is 1.76 bits per heavy atom. The molecule has 0 bridgehead atoms. The average Bonchev–Trinajstić information content (AvgIpc) is 2.47. The van der Waals surface area contributed by atoms with Gasteiger partial charge in [0.25, 0.3) is 0 Å². The minimum Gasteiger partial charge on any atom is -0.303 e. The van der Waals surface area contributed by atoms with Gasteiger partial charge in [0.15, 0.2) is 0 Å². The zero-order chi connectivity index (χ0) is 15.1. The molecule has 1 aliphatic rings. The molecule has 0 saturated carbocycles. The Kier molecular flexibility index (Phi) is 6.21. The van der Waals surface area contributed by atoms with Gasteiger partial charge < -0.3 is 4.90 Å². The number of benzene rings is 1. The van der Waals surface area contributed by atoms with Gasteiger partial charge in [-0.15, -0.1) is 0 Å². The number of nitrogens with zero attached hydrogens (tertiary/aromatic N) is 1. The van der Waals surface area contributed by atoms with E-state index in [1.165, 1.54) is 19.3 Å². The molecule has 2 rings (SSSR count). The Morgan fingerprint density at radius 3 is 2.43 bits per heavy atom. The van der Waals surface area contributed by atoms with Crippen molar-refractivity contribution in [2.75, 3.05) is 26.2 Å². The lowest BCUT2D eigenvalue weighted by Crippen LogP contribution is -2.33. The van der Waals surface area contributed by atoms with Gasteiger partial charge in [-0.3, -0.25) is 0 Å². The topological polar surface area (TPSA) is 49.4 Å². The van der Waals surface area contributed by atoms with Crippen LogP contribution in [0.1, 0.15) is 36.8 Å². The van der Waals surface area contributed by atoms with Crippen molar-refractivity contribution in [3.05, 3.63) is 35.4 Å². The van der Waals surface area contributed by atoms with Crippen LogP contribution in [0.4, 0.5) is 0 Å². The second-order valence-electron chi connectivity index (χ2n) is 5.89. The molecule has 0 unspecified atom stereocenters. The van der Waals surface area contributed by atoms with E-state index in [0.29, 0.717) is 6.54 Å². The van der Waals surface area contributed by atoms with Gasteiger partial charge in [0.1, 0.15) is 0 Å². The Labute approximate surface area is 128 Å². The summed E-state index contributed by atoms with van der Waals surface area (Å²) in [6.45, 7) is 5.85. The van der Waals surface area contributed by atoms with E-state index in [9.17, 15) is 8.42 Å². The number of hydrogen-bond donors (Lipinski definition) is 1. The van der Waals surface area contributed by atoms with Crippen molar-refractivity contribution in [1.82, 2.24) is 9.62 Å². The predicted octanol–water partition coefficient (Wildman–Crippen LogP) is 2.29. The molecule has 1 aliphatic heterocycles. The van der Waals surface area contributed by atoms with E-state index in [2.05, 4.69) is 9.62 Å². The molecule has 0 amide bonds. The van der Waals surface area contributed by atoms with Gasteiger partial charge in [0, 0.05) is 6.54 Å². The van der Waals surface area contributed by atoms with Crippen LogP contribution < -0.4 is 4.72 Å². The SMILES string of the molecule is Cc1ccc(CS(=O)(=O)NCCCN2CCCCC2)cc1. The van der Waals surface area contributed by atoms with Crippen LogP contribution in [-0.4, -0.2) is 39.5 Å². The monoisotopic (exact) mass is 310 g/mol. The smallest absolute Gasteiger partial charge is 0.215 e. The molecule has 1 aromatic carbocycles. The number of nitrogens with one attached hydrogen (secondary N) is 1. The van der Waals surface area contributed by atoms with Crippen LogP contribution in [0.5, 0.6) is 0 Å². The fourth-order valence-electron chi connectivity index (χ4n) is 2.67. The zero-order valence-corrected chi connectivity index (χ0v) is 13.7. The Hall–Kier alpha value is -0.910. The highest BCUT2D eigenvalue weighted by atomic mass is 32.2. The molecular formula is C16H26N2O2S. The van der Waals surface area contributed by atoms with E-state index in [1.807, 2.05) is 31.2 Å². The van der Waals surface area contributed by atoms with Crippen molar-refractivity contribution in [3.63, 3.8) is 0 Å². The summed E-state index contributed by atoms with van der Waals surface area (Å²) in [5.41, 5.74) is 1.98. The first-order chi connectivity index (χ1) is 10.1. The van der Waals surface area contributed by atoms with E-state index in [-0.39, 0.29) is 5.75 Å². The van der Waals surface area contributed by atoms with E-state index in [1.54, 1.807) is 0 Å². The van der Waals surface area contributed by atoms with Gasteiger partial charge in [0.05, 0.1) is 5.75 Å². The van der Waals surface area contributed by atoms with Crippen LogP contribution in [0.2, 0.25) is 0 Å². The third-order valence-corrected chi connectivity index (χ3v) is 5.26. The second kappa shape index (κ2) is 7.92. The highest BCUT2D eigenvalue weighted by molar-refractivity contribution is 7.88. The van der Waals surface area contributed by atoms with Gasteiger partial charge in [-0.25, -0.2) is 13.1 Å². The summed E-state index contributed by atoms with van der Waals surface area (Å²) >= 11 is 0. The molecule has 0 spiro atoms. The summed E-state index contributed by atoms with van der Waals surface area (Å²) in [6, 6.07) is 7.65. The molecule has 0 atom stereocenters. The van der Waals surface area contributed by atoms with Crippen LogP contribution in [0.25, 0.3) is 0 Å². The highest BCUT2D eigenvalue weighted by Gasteiger charge is 2.12. The number of aryl methyl sites for hydroxylation is 1. The van der Waals surface area contributed by atoms with Gasteiger partial charge in [-0.2, -0.15) is 0 Å². The number of sulfonamides is 1. The summed E-state index contributed by atoms with van der Waals surface area (Å²) in [5.74, 6) is 0.0665. The second-order valence-corrected chi connectivity index (χ2v) is 7.70. The predicted molar refractivity (Wildman–Crippen MR) is 86.7 cm³/mol. The maximum absolute atomic E-state index is 12.0. The lowest BCUT2D eigenvalue weighted by molar-refractivity contribution is 0.227. The van der Waals surface area contributed by atoms with E-state index < -0.39 is 10.0 Å². The van der Waals surface area contributed by atoms with Gasteiger partial charge in [0.2, 0.25) is 10.0 Å². The molecule has 5 heteroatoms. The molecule has 1 saturated heterocycles. The van der Waals surface area contributed by atoms with Crippen molar-refractivity contribution in [2.24, 2.45) is 0 Å². The number of hydrogen-bond acceptors (Lipinski definition) is 3. The van der Waals surface area contributed by atoms with Crippen LogP contribution in [0.3, 0.4) is 0 Å². The molecule has 0 aliphatic carbocycles. The van der Waals surface area contributed by atoms with Crippen molar-refractivity contribution < 1.29 is 8.42 Å². The summed E-state index contributed by atoms with van der Waals surface area (Å²) < 4.78 is 26.7. The highest BCUT2D eigenvalue weighted by Crippen LogP contribution is 2.09. The van der Waals surface area contributed by atoms with Crippen LogP contribution in [0.15, 0.2) is 24.3 Å². The maximum atomic E-state index is 12.0. The number of rotatable bonds is 7. The van der Waals surface area contributed by atoms with Crippen molar-refractivity contribution in [3.8, 4) is 0 Å². The Morgan fingerprint density at radius 1 is 1.10 bits per heavy atom. The largest absolute Gasteiger partial charge is 0.303 e. The zero-order valence-electron chi connectivity index (χ0n) is 12.8. The van der Waals surface area contributed by atoms with E-state index in [0.717, 1.165) is 37.2 Å². The van der Waals surface area contributed by atoms with Crippen LogP contribution >= 0.6 is 0 Å². The van der Waals surface area contributed by atoms with Crippen molar-refractivity contribution >= 4 is 10.0 Å². The molecule has 1 aromatic rings. The van der Waals surface area contributed by atoms with Crippen LogP contribution in [-0.2, 0) is 15.8 Å². The first-order valence-electron chi connectivity index (χ1n) is 7.80. The van der Waals surface area contributed by atoms with E-state index >= 15 is 0 Å². The van der Waals surface area contributed by atoms with Crippen LogP contribution in [0, 0.1) is 6.92 Å². The summed E-state index contributed by atoms with van der Waals surface area (Å²) in [7, 11) is -3.22. The fraction of sp³-hybridized carbons (Fsp3) is 0.625. The van der Waals surface area contributed by atoms with Gasteiger partial charge in [-0.05, 0) is 51.4 Å². The summed E-state index contributed by atoms with van der Waals surface area (Å²) in [4.78, 5) is 2.43. The maximum Gasteiger partial charge on any atom is 0.215 e. The lowest BCUT2D eigenvalue weighted by Gasteiger charge is -2.26.